The summed E-state index contributed by atoms with van der Waals surface area (Å²) in [4.78, 5) is 4.44. The summed E-state index contributed by atoms with van der Waals surface area (Å²) in [7, 11) is 1.87. The molecule has 2 aromatic carbocycles. The standard InChI is InChI=1S/C15H13N3O/c1-16-13-10-6-5-9-12(13)15-17-14(18-19-15)11-7-3-2-4-8-11/h2-10,16H,1H3. The molecule has 0 aliphatic rings. The number of hydrogen-bond acceptors (Lipinski definition) is 4. The van der Waals surface area contributed by atoms with E-state index in [0.29, 0.717) is 11.7 Å². The topological polar surface area (TPSA) is 51.0 Å². The van der Waals surface area contributed by atoms with Crippen molar-refractivity contribution in [1.82, 2.24) is 10.1 Å². The smallest absolute Gasteiger partial charge is 0.260 e. The summed E-state index contributed by atoms with van der Waals surface area (Å²) in [5, 5.41) is 7.14. The highest BCUT2D eigenvalue weighted by molar-refractivity contribution is 5.73. The summed E-state index contributed by atoms with van der Waals surface area (Å²) in [6.07, 6.45) is 0. The monoisotopic (exact) mass is 251 g/mol. The zero-order valence-electron chi connectivity index (χ0n) is 10.5. The number of para-hydroxylation sites is 1. The van der Waals surface area contributed by atoms with Gasteiger partial charge in [0.25, 0.3) is 5.89 Å². The molecule has 0 aliphatic carbocycles. The molecule has 1 N–H and O–H groups in total. The van der Waals surface area contributed by atoms with Crippen LogP contribution < -0.4 is 5.32 Å². The fourth-order valence-electron chi connectivity index (χ4n) is 1.92. The SMILES string of the molecule is CNc1ccccc1-c1nc(-c2ccccc2)no1. The molecule has 4 heteroatoms. The third-order valence-electron chi connectivity index (χ3n) is 2.88. The molecule has 0 fully saturated rings. The Balaban J connectivity index is 2.02. The van der Waals surface area contributed by atoms with E-state index in [2.05, 4.69) is 15.5 Å². The fraction of sp³-hybridized carbons (Fsp3) is 0.0667. The second kappa shape index (κ2) is 4.94. The van der Waals surface area contributed by atoms with Gasteiger partial charge in [-0.15, -0.1) is 0 Å². The Hall–Kier alpha value is -2.62. The van der Waals surface area contributed by atoms with Gasteiger partial charge in [-0.3, -0.25) is 0 Å². The highest BCUT2D eigenvalue weighted by Gasteiger charge is 2.12. The van der Waals surface area contributed by atoms with Crippen molar-refractivity contribution in [2.24, 2.45) is 0 Å². The minimum Gasteiger partial charge on any atom is -0.387 e. The molecule has 0 saturated carbocycles. The van der Waals surface area contributed by atoms with E-state index >= 15 is 0 Å². The summed E-state index contributed by atoms with van der Waals surface area (Å²) in [5.41, 5.74) is 2.81. The molecule has 3 aromatic rings. The lowest BCUT2D eigenvalue weighted by Crippen LogP contribution is -1.91. The molecule has 0 unspecified atom stereocenters. The highest BCUT2D eigenvalue weighted by atomic mass is 16.5. The molecule has 0 amide bonds. The first-order valence-corrected chi connectivity index (χ1v) is 6.05. The van der Waals surface area contributed by atoms with Gasteiger partial charge in [0, 0.05) is 18.3 Å². The number of anilines is 1. The Morgan fingerprint density at radius 3 is 2.47 bits per heavy atom. The first-order valence-electron chi connectivity index (χ1n) is 6.05. The third kappa shape index (κ3) is 2.20. The van der Waals surface area contributed by atoms with E-state index in [1.54, 1.807) is 0 Å². The van der Waals surface area contributed by atoms with Crippen LogP contribution in [-0.4, -0.2) is 17.2 Å². The molecular weight excluding hydrogens is 238 g/mol. The van der Waals surface area contributed by atoms with Crippen molar-refractivity contribution in [3.8, 4) is 22.8 Å². The van der Waals surface area contributed by atoms with Gasteiger partial charge in [0.2, 0.25) is 5.82 Å². The Morgan fingerprint density at radius 1 is 0.947 bits per heavy atom. The first-order chi connectivity index (χ1) is 9.38. The summed E-state index contributed by atoms with van der Waals surface area (Å²) in [6.45, 7) is 0. The van der Waals surface area contributed by atoms with E-state index in [9.17, 15) is 0 Å². The maximum atomic E-state index is 5.35. The molecule has 0 bridgehead atoms. The average Bonchev–Trinajstić information content (AvgIpc) is 2.98. The van der Waals surface area contributed by atoms with Crippen LogP contribution in [0.1, 0.15) is 0 Å². The molecule has 19 heavy (non-hydrogen) atoms. The Kier molecular flexibility index (Phi) is 2.98. The molecule has 94 valence electrons. The Morgan fingerprint density at radius 2 is 1.68 bits per heavy atom. The predicted molar refractivity (Wildman–Crippen MR) is 74.7 cm³/mol. The minimum absolute atomic E-state index is 0.517. The molecule has 0 spiro atoms. The summed E-state index contributed by atoms with van der Waals surface area (Å²) in [6, 6.07) is 17.6. The van der Waals surface area contributed by atoms with Gasteiger partial charge in [0.05, 0.1) is 5.56 Å². The van der Waals surface area contributed by atoms with Gasteiger partial charge in [-0.25, -0.2) is 0 Å². The van der Waals surface area contributed by atoms with Gasteiger partial charge in [-0.05, 0) is 12.1 Å². The van der Waals surface area contributed by atoms with E-state index < -0.39 is 0 Å². The summed E-state index contributed by atoms with van der Waals surface area (Å²) < 4.78 is 5.35. The maximum Gasteiger partial charge on any atom is 0.260 e. The van der Waals surface area contributed by atoms with Crippen molar-refractivity contribution < 1.29 is 4.52 Å². The molecule has 0 radical (unpaired) electrons. The van der Waals surface area contributed by atoms with E-state index in [-0.39, 0.29) is 0 Å². The number of nitrogens with zero attached hydrogens (tertiary/aromatic N) is 2. The normalized spacial score (nSPS) is 10.4. The number of aromatic nitrogens is 2. The van der Waals surface area contributed by atoms with Gasteiger partial charge in [-0.2, -0.15) is 4.98 Å². The lowest BCUT2D eigenvalue weighted by atomic mass is 10.1. The van der Waals surface area contributed by atoms with Gasteiger partial charge in [0.1, 0.15) is 0 Å². The van der Waals surface area contributed by atoms with Crippen LogP contribution in [0.3, 0.4) is 0 Å². The number of benzene rings is 2. The maximum absolute atomic E-state index is 5.35. The van der Waals surface area contributed by atoms with Crippen LogP contribution in [0.4, 0.5) is 5.69 Å². The van der Waals surface area contributed by atoms with Crippen molar-refractivity contribution in [3.05, 3.63) is 54.6 Å². The summed E-state index contributed by atoms with van der Waals surface area (Å²) >= 11 is 0. The molecule has 0 atom stereocenters. The quantitative estimate of drug-likeness (QED) is 0.774. The largest absolute Gasteiger partial charge is 0.387 e. The molecule has 1 aromatic heterocycles. The van der Waals surface area contributed by atoms with Crippen molar-refractivity contribution in [2.45, 2.75) is 0 Å². The van der Waals surface area contributed by atoms with Crippen LogP contribution in [-0.2, 0) is 0 Å². The molecular formula is C15H13N3O. The van der Waals surface area contributed by atoms with Crippen LogP contribution in [0.15, 0.2) is 59.1 Å². The van der Waals surface area contributed by atoms with Crippen molar-refractivity contribution >= 4 is 5.69 Å². The average molecular weight is 251 g/mol. The van der Waals surface area contributed by atoms with Gasteiger partial charge < -0.3 is 9.84 Å². The van der Waals surface area contributed by atoms with E-state index in [1.165, 1.54) is 0 Å². The van der Waals surface area contributed by atoms with Gasteiger partial charge in [-0.1, -0.05) is 47.6 Å². The second-order valence-corrected chi connectivity index (χ2v) is 4.08. The first kappa shape index (κ1) is 11.5. The van der Waals surface area contributed by atoms with E-state index in [0.717, 1.165) is 16.8 Å². The highest BCUT2D eigenvalue weighted by Crippen LogP contribution is 2.27. The number of hydrogen-bond donors (Lipinski definition) is 1. The number of rotatable bonds is 3. The Labute approximate surface area is 111 Å². The van der Waals surface area contributed by atoms with Crippen LogP contribution >= 0.6 is 0 Å². The third-order valence-corrected chi connectivity index (χ3v) is 2.88. The van der Waals surface area contributed by atoms with Crippen LogP contribution in [0.2, 0.25) is 0 Å². The molecule has 1 heterocycles. The van der Waals surface area contributed by atoms with Crippen LogP contribution in [0.5, 0.6) is 0 Å². The fourth-order valence-corrected chi connectivity index (χ4v) is 1.92. The van der Waals surface area contributed by atoms with Crippen molar-refractivity contribution in [2.75, 3.05) is 12.4 Å². The summed E-state index contributed by atoms with van der Waals surface area (Å²) in [5.74, 6) is 1.12. The molecule has 0 saturated heterocycles. The van der Waals surface area contributed by atoms with Crippen LogP contribution in [0.25, 0.3) is 22.8 Å². The van der Waals surface area contributed by atoms with E-state index in [4.69, 9.17) is 4.52 Å². The van der Waals surface area contributed by atoms with Gasteiger partial charge >= 0.3 is 0 Å². The molecule has 3 rings (SSSR count). The van der Waals surface area contributed by atoms with Crippen LogP contribution in [0, 0.1) is 0 Å². The predicted octanol–water partition coefficient (Wildman–Crippen LogP) is 3.45. The van der Waals surface area contributed by atoms with E-state index in [1.807, 2.05) is 61.6 Å². The van der Waals surface area contributed by atoms with Crippen molar-refractivity contribution in [3.63, 3.8) is 0 Å². The zero-order valence-corrected chi connectivity index (χ0v) is 10.5. The zero-order chi connectivity index (χ0) is 13.1. The number of nitrogens with one attached hydrogen (secondary N) is 1. The van der Waals surface area contributed by atoms with Crippen molar-refractivity contribution in [1.29, 1.82) is 0 Å². The molecule has 4 nitrogen and oxygen atoms in total. The Bertz CT molecular complexity index is 677. The second-order valence-electron chi connectivity index (χ2n) is 4.08. The minimum atomic E-state index is 0.517. The lowest BCUT2D eigenvalue weighted by molar-refractivity contribution is 0.432. The molecule has 0 aliphatic heterocycles. The lowest BCUT2D eigenvalue weighted by Gasteiger charge is -2.03. The van der Waals surface area contributed by atoms with Gasteiger partial charge in [0.15, 0.2) is 0 Å².